The molecule has 0 aliphatic heterocycles. The highest BCUT2D eigenvalue weighted by atomic mass is 35.5. The van der Waals surface area contributed by atoms with Crippen LogP contribution >= 0.6 is 11.6 Å². The predicted octanol–water partition coefficient (Wildman–Crippen LogP) is 4.43. The Bertz CT molecular complexity index is 578. The average molecular weight is 303 g/mol. The maximum absolute atomic E-state index is 6.29. The van der Waals surface area contributed by atoms with Gasteiger partial charge in [-0.2, -0.15) is 0 Å². The number of nitrogens with two attached hydrogens (primary N) is 1. The van der Waals surface area contributed by atoms with E-state index in [4.69, 9.17) is 17.3 Å². The van der Waals surface area contributed by atoms with Crippen molar-refractivity contribution in [2.45, 2.75) is 32.4 Å². The van der Waals surface area contributed by atoms with E-state index in [-0.39, 0.29) is 12.1 Å². The van der Waals surface area contributed by atoms with Crippen LogP contribution in [0, 0.1) is 0 Å². The van der Waals surface area contributed by atoms with Gasteiger partial charge in [-0.3, -0.25) is 0 Å². The molecule has 0 radical (unpaired) electrons. The topological polar surface area (TPSA) is 29.3 Å². The van der Waals surface area contributed by atoms with Crippen LogP contribution in [0.1, 0.15) is 31.0 Å². The summed E-state index contributed by atoms with van der Waals surface area (Å²) in [6.45, 7) is 4.19. The molecule has 0 spiro atoms. The van der Waals surface area contributed by atoms with Crippen LogP contribution in [0.25, 0.3) is 0 Å². The van der Waals surface area contributed by atoms with Crippen LogP contribution in [-0.2, 0) is 6.42 Å². The van der Waals surface area contributed by atoms with E-state index in [2.05, 4.69) is 49.2 Å². The van der Waals surface area contributed by atoms with Crippen molar-refractivity contribution in [2.24, 2.45) is 5.73 Å². The molecule has 0 aliphatic carbocycles. The van der Waals surface area contributed by atoms with Gasteiger partial charge in [0.25, 0.3) is 0 Å². The second kappa shape index (κ2) is 6.97. The van der Waals surface area contributed by atoms with Crippen molar-refractivity contribution in [3.63, 3.8) is 0 Å². The van der Waals surface area contributed by atoms with Crippen LogP contribution in [0.2, 0.25) is 5.02 Å². The lowest BCUT2D eigenvalue weighted by Gasteiger charge is -2.28. The van der Waals surface area contributed by atoms with Gasteiger partial charge in [-0.25, -0.2) is 0 Å². The van der Waals surface area contributed by atoms with Gasteiger partial charge < -0.3 is 10.6 Å². The summed E-state index contributed by atoms with van der Waals surface area (Å²) in [6, 6.07) is 17.0. The molecule has 0 saturated carbocycles. The summed E-state index contributed by atoms with van der Waals surface area (Å²) in [5.74, 6) is 0. The fraction of sp³-hybridized carbons (Fsp3) is 0.333. The zero-order valence-electron chi connectivity index (χ0n) is 12.9. The van der Waals surface area contributed by atoms with Crippen LogP contribution in [-0.4, -0.2) is 13.1 Å². The largest absolute Gasteiger partial charge is 0.368 e. The van der Waals surface area contributed by atoms with Crippen molar-refractivity contribution < 1.29 is 0 Å². The molecule has 0 fully saturated rings. The van der Waals surface area contributed by atoms with E-state index in [1.807, 2.05) is 25.1 Å². The quantitative estimate of drug-likeness (QED) is 0.885. The molecule has 2 N–H and O–H groups in total. The van der Waals surface area contributed by atoms with Crippen molar-refractivity contribution in [2.75, 3.05) is 11.9 Å². The summed E-state index contributed by atoms with van der Waals surface area (Å²) < 4.78 is 0. The van der Waals surface area contributed by atoms with Crippen molar-refractivity contribution in [1.82, 2.24) is 0 Å². The van der Waals surface area contributed by atoms with Gasteiger partial charge in [0.05, 0.1) is 6.04 Å². The molecule has 21 heavy (non-hydrogen) atoms. The fourth-order valence-corrected chi connectivity index (χ4v) is 2.78. The van der Waals surface area contributed by atoms with Crippen LogP contribution in [0.5, 0.6) is 0 Å². The smallest absolute Gasteiger partial charge is 0.0525 e. The molecule has 0 heterocycles. The molecule has 112 valence electrons. The maximum atomic E-state index is 6.29. The van der Waals surface area contributed by atoms with E-state index in [1.54, 1.807) is 0 Å². The molecule has 2 aromatic carbocycles. The summed E-state index contributed by atoms with van der Waals surface area (Å²) in [5, 5.41) is 0.811. The lowest BCUT2D eigenvalue weighted by atomic mass is 10.0. The minimum Gasteiger partial charge on any atom is -0.368 e. The third-order valence-corrected chi connectivity index (χ3v) is 4.18. The number of hydrogen-bond acceptors (Lipinski definition) is 2. The number of hydrogen-bond donors (Lipinski definition) is 1. The number of nitrogens with zero attached hydrogens (tertiary/aromatic N) is 1. The first-order valence-corrected chi connectivity index (χ1v) is 7.68. The number of benzene rings is 2. The van der Waals surface area contributed by atoms with Gasteiger partial charge in [0.1, 0.15) is 0 Å². The van der Waals surface area contributed by atoms with Crippen molar-refractivity contribution >= 4 is 17.3 Å². The molecule has 2 unspecified atom stereocenters. The Morgan fingerprint density at radius 1 is 1.05 bits per heavy atom. The van der Waals surface area contributed by atoms with Gasteiger partial charge in [0.2, 0.25) is 0 Å². The van der Waals surface area contributed by atoms with Crippen LogP contribution in [0.15, 0.2) is 48.5 Å². The summed E-state index contributed by atoms with van der Waals surface area (Å²) in [6.07, 6.45) is 0.907. The van der Waals surface area contributed by atoms with Crippen LogP contribution in [0.4, 0.5) is 5.69 Å². The first-order chi connectivity index (χ1) is 9.99. The molecule has 0 bridgehead atoms. The highest BCUT2D eigenvalue weighted by molar-refractivity contribution is 6.31. The van der Waals surface area contributed by atoms with Gasteiger partial charge >= 0.3 is 0 Å². The van der Waals surface area contributed by atoms with Crippen molar-refractivity contribution in [3.05, 3.63) is 64.7 Å². The highest BCUT2D eigenvalue weighted by Crippen LogP contribution is 2.29. The Morgan fingerprint density at radius 2 is 1.67 bits per heavy atom. The van der Waals surface area contributed by atoms with E-state index in [1.165, 1.54) is 11.3 Å². The molecule has 2 aromatic rings. The van der Waals surface area contributed by atoms with Crippen molar-refractivity contribution in [3.8, 4) is 0 Å². The molecule has 0 saturated heterocycles. The van der Waals surface area contributed by atoms with Crippen LogP contribution < -0.4 is 10.6 Å². The van der Waals surface area contributed by atoms with Gasteiger partial charge in [0.15, 0.2) is 0 Å². The zero-order valence-corrected chi connectivity index (χ0v) is 13.6. The molecule has 0 aromatic heterocycles. The maximum Gasteiger partial charge on any atom is 0.0525 e. The van der Waals surface area contributed by atoms with E-state index in [0.717, 1.165) is 17.0 Å². The normalized spacial score (nSPS) is 13.8. The van der Waals surface area contributed by atoms with E-state index in [9.17, 15) is 0 Å². The van der Waals surface area contributed by atoms with Gasteiger partial charge in [-0.05, 0) is 49.6 Å². The van der Waals surface area contributed by atoms with Crippen molar-refractivity contribution in [1.29, 1.82) is 0 Å². The lowest BCUT2D eigenvalue weighted by Crippen LogP contribution is -2.22. The molecule has 3 heteroatoms. The van der Waals surface area contributed by atoms with E-state index >= 15 is 0 Å². The van der Waals surface area contributed by atoms with Gasteiger partial charge in [0, 0.05) is 23.8 Å². The Kier molecular flexibility index (Phi) is 5.27. The standard InChI is InChI=1S/C18H23ClN2/c1-13(20)12-15-8-10-16(11-9-15)21(3)14(2)17-6-4-5-7-18(17)19/h4-11,13-14H,12,20H2,1-3H3. The molecule has 0 amide bonds. The molecule has 2 rings (SSSR count). The minimum atomic E-state index is 0.190. The van der Waals surface area contributed by atoms with Gasteiger partial charge in [-0.15, -0.1) is 0 Å². The zero-order chi connectivity index (χ0) is 15.4. The second-order valence-corrected chi connectivity index (χ2v) is 6.06. The van der Waals surface area contributed by atoms with E-state index in [0.29, 0.717) is 0 Å². The second-order valence-electron chi connectivity index (χ2n) is 5.66. The summed E-state index contributed by atoms with van der Waals surface area (Å²) >= 11 is 6.29. The first-order valence-electron chi connectivity index (χ1n) is 7.31. The fourth-order valence-electron chi connectivity index (χ4n) is 2.49. The molecule has 0 aliphatic rings. The molecule has 2 atom stereocenters. The first kappa shape index (κ1) is 15.9. The monoisotopic (exact) mass is 302 g/mol. The third kappa shape index (κ3) is 3.99. The predicted molar refractivity (Wildman–Crippen MR) is 92.1 cm³/mol. The number of anilines is 1. The lowest BCUT2D eigenvalue weighted by molar-refractivity contribution is 0.732. The minimum absolute atomic E-state index is 0.190. The third-order valence-electron chi connectivity index (χ3n) is 3.84. The average Bonchev–Trinajstić information content (AvgIpc) is 2.46. The Morgan fingerprint density at radius 3 is 2.24 bits per heavy atom. The van der Waals surface area contributed by atoms with E-state index < -0.39 is 0 Å². The number of rotatable bonds is 5. The molecule has 2 nitrogen and oxygen atoms in total. The highest BCUT2D eigenvalue weighted by Gasteiger charge is 2.14. The Balaban J connectivity index is 2.16. The molecular weight excluding hydrogens is 280 g/mol. The molecular formula is C18H23ClN2. The summed E-state index contributed by atoms with van der Waals surface area (Å²) in [4.78, 5) is 2.23. The Labute approximate surface area is 132 Å². The van der Waals surface area contributed by atoms with Gasteiger partial charge in [-0.1, -0.05) is 41.9 Å². The number of halogens is 1. The SMILES string of the molecule is CC(N)Cc1ccc(N(C)C(C)c2ccccc2Cl)cc1. The summed E-state index contributed by atoms with van der Waals surface area (Å²) in [7, 11) is 2.09. The Hall–Kier alpha value is -1.51. The van der Waals surface area contributed by atoms with Crippen LogP contribution in [0.3, 0.4) is 0 Å². The summed E-state index contributed by atoms with van der Waals surface area (Å²) in [5.41, 5.74) is 9.43.